The maximum absolute atomic E-state index is 5.49. The molecule has 0 saturated carbocycles. The first-order valence-corrected chi connectivity index (χ1v) is 11.1. The van der Waals surface area contributed by atoms with Crippen molar-refractivity contribution in [3.05, 3.63) is 71.6 Å². The second-order valence-corrected chi connectivity index (χ2v) is 7.15. The van der Waals surface area contributed by atoms with Crippen LogP contribution in [0.4, 0.5) is 0 Å². The Morgan fingerprint density at radius 2 is 1.76 bits per heavy atom. The molecule has 4 rings (SSSR count). The Hall–Kier alpha value is -3.65. The lowest BCUT2D eigenvalue weighted by atomic mass is 10.1. The summed E-state index contributed by atoms with van der Waals surface area (Å²) in [5.74, 6) is 3.08. The summed E-state index contributed by atoms with van der Waals surface area (Å²) in [6, 6.07) is 16.1. The average molecular weight is 449 g/mol. The molecule has 0 fully saturated rings. The van der Waals surface area contributed by atoms with Crippen molar-refractivity contribution < 1.29 is 9.47 Å². The monoisotopic (exact) mass is 448 g/mol. The van der Waals surface area contributed by atoms with Gasteiger partial charge in [0.05, 0.1) is 7.11 Å². The molecule has 0 amide bonds. The minimum atomic E-state index is -0.367. The van der Waals surface area contributed by atoms with Crippen LogP contribution in [0.3, 0.4) is 0 Å². The zero-order valence-electron chi connectivity index (χ0n) is 19.8. The van der Waals surface area contributed by atoms with E-state index in [2.05, 4.69) is 44.0 Å². The quantitative estimate of drug-likeness (QED) is 0.507. The summed E-state index contributed by atoms with van der Waals surface area (Å²) >= 11 is 0. The third kappa shape index (κ3) is 6.43. The number of amidine groups is 1. The van der Waals surface area contributed by atoms with Gasteiger partial charge in [-0.05, 0) is 42.7 Å². The van der Waals surface area contributed by atoms with Gasteiger partial charge in [0.2, 0.25) is 6.35 Å². The summed E-state index contributed by atoms with van der Waals surface area (Å²) in [5, 5.41) is 13.7. The molecular weight excluding hydrogens is 416 g/mol. The third-order valence-electron chi connectivity index (χ3n) is 4.95. The van der Waals surface area contributed by atoms with E-state index in [1.807, 2.05) is 57.2 Å². The van der Waals surface area contributed by atoms with Crippen molar-refractivity contribution in [3.63, 3.8) is 0 Å². The first-order chi connectivity index (χ1) is 16.1. The highest BCUT2D eigenvalue weighted by molar-refractivity contribution is 6.00. The van der Waals surface area contributed by atoms with Gasteiger partial charge >= 0.3 is 0 Å². The average Bonchev–Trinajstić information content (AvgIpc) is 3.32. The van der Waals surface area contributed by atoms with Gasteiger partial charge in [-0.2, -0.15) is 5.10 Å². The number of benzene rings is 2. The number of methoxy groups -OCH3 is 2. The molecule has 0 radical (unpaired) electrons. The third-order valence-corrected chi connectivity index (χ3v) is 4.95. The normalized spacial score (nSPS) is 16.2. The van der Waals surface area contributed by atoms with E-state index in [0.717, 1.165) is 40.7 Å². The molecule has 0 spiro atoms. The molecule has 1 unspecified atom stereocenters. The van der Waals surface area contributed by atoms with E-state index in [-0.39, 0.29) is 6.35 Å². The van der Waals surface area contributed by atoms with Gasteiger partial charge in [0.1, 0.15) is 17.4 Å². The Bertz CT molecular complexity index is 1090. The zero-order chi connectivity index (χ0) is 23.6. The standard InChI is InChI=1S/C23H26N6O2.C2H6/c1-15-25-22(29-28-15)18-6-4-5-17(13-18)20-14-21(27-23(26-20)31-3)24-12-11-16-7-9-19(30-2)10-8-16;1-2/h4-10,13-14,23,26H,11-12H2,1-3H3,(H,24,27)(H,25,28,29);1-2H3. The fourth-order valence-electron chi connectivity index (χ4n) is 3.30. The van der Waals surface area contributed by atoms with Crippen LogP contribution in [-0.4, -0.2) is 48.1 Å². The highest BCUT2D eigenvalue weighted by atomic mass is 16.5. The van der Waals surface area contributed by atoms with Gasteiger partial charge in [-0.25, -0.2) is 4.98 Å². The minimum absolute atomic E-state index is 0.367. The number of aromatic nitrogens is 3. The van der Waals surface area contributed by atoms with Crippen LogP contribution in [-0.2, 0) is 11.2 Å². The lowest BCUT2D eigenvalue weighted by Gasteiger charge is -2.27. The predicted octanol–water partition coefficient (Wildman–Crippen LogP) is 3.92. The number of rotatable bonds is 7. The van der Waals surface area contributed by atoms with Gasteiger partial charge in [-0.1, -0.05) is 44.2 Å². The summed E-state index contributed by atoms with van der Waals surface area (Å²) in [6.45, 7) is 6.54. The van der Waals surface area contributed by atoms with E-state index in [9.17, 15) is 0 Å². The summed E-state index contributed by atoms with van der Waals surface area (Å²) in [6.07, 6.45) is 2.46. The van der Waals surface area contributed by atoms with E-state index >= 15 is 0 Å². The topological polar surface area (TPSA) is 96.5 Å². The van der Waals surface area contributed by atoms with Gasteiger partial charge in [0.15, 0.2) is 5.82 Å². The highest BCUT2D eigenvalue weighted by Gasteiger charge is 2.18. The molecule has 2 aromatic carbocycles. The SMILES string of the molecule is CC.COc1ccc(CCN=C2C=C(c3cccc(-c4n[nH]c(C)n4)c3)NC(OC)N2)cc1. The Labute approximate surface area is 195 Å². The smallest absolute Gasteiger partial charge is 0.206 e. The lowest BCUT2D eigenvalue weighted by molar-refractivity contribution is 0.0751. The van der Waals surface area contributed by atoms with Crippen LogP contribution in [0, 0.1) is 6.92 Å². The van der Waals surface area contributed by atoms with Gasteiger partial charge in [0.25, 0.3) is 0 Å². The molecule has 1 aromatic heterocycles. The Morgan fingerprint density at radius 1 is 1.00 bits per heavy atom. The maximum Gasteiger partial charge on any atom is 0.206 e. The molecule has 1 aliphatic rings. The van der Waals surface area contributed by atoms with Gasteiger partial charge < -0.3 is 20.1 Å². The molecule has 0 aliphatic carbocycles. The van der Waals surface area contributed by atoms with Crippen LogP contribution in [0.2, 0.25) is 0 Å². The molecule has 8 heteroatoms. The fraction of sp³-hybridized carbons (Fsp3) is 0.320. The number of nitrogens with zero attached hydrogens (tertiary/aromatic N) is 3. The van der Waals surface area contributed by atoms with E-state index < -0.39 is 0 Å². The molecule has 1 atom stereocenters. The highest BCUT2D eigenvalue weighted by Crippen LogP contribution is 2.22. The molecule has 3 aromatic rings. The summed E-state index contributed by atoms with van der Waals surface area (Å²) < 4.78 is 10.7. The molecular formula is C25H32N6O2. The van der Waals surface area contributed by atoms with Crippen LogP contribution >= 0.6 is 0 Å². The molecule has 2 heterocycles. The minimum Gasteiger partial charge on any atom is -0.497 e. The maximum atomic E-state index is 5.49. The van der Waals surface area contributed by atoms with E-state index in [1.165, 1.54) is 5.56 Å². The lowest BCUT2D eigenvalue weighted by Crippen LogP contribution is -2.49. The second-order valence-electron chi connectivity index (χ2n) is 7.15. The first-order valence-electron chi connectivity index (χ1n) is 11.1. The Morgan fingerprint density at radius 3 is 2.42 bits per heavy atom. The molecule has 8 nitrogen and oxygen atoms in total. The molecule has 1 aliphatic heterocycles. The van der Waals surface area contributed by atoms with Crippen molar-refractivity contribution in [2.75, 3.05) is 20.8 Å². The van der Waals surface area contributed by atoms with E-state index in [1.54, 1.807) is 14.2 Å². The van der Waals surface area contributed by atoms with Crippen LogP contribution in [0.15, 0.2) is 59.6 Å². The number of nitrogens with one attached hydrogen (secondary N) is 3. The molecule has 33 heavy (non-hydrogen) atoms. The first kappa shape index (κ1) is 24.0. The number of aliphatic imine (C=N–C) groups is 1. The molecule has 0 saturated heterocycles. The number of H-pyrrole nitrogens is 1. The fourth-order valence-corrected chi connectivity index (χ4v) is 3.30. The van der Waals surface area contributed by atoms with Crippen LogP contribution in [0.25, 0.3) is 17.1 Å². The number of aromatic amines is 1. The number of hydrogen-bond acceptors (Lipinski definition) is 6. The summed E-state index contributed by atoms with van der Waals surface area (Å²) in [4.78, 5) is 9.15. The van der Waals surface area contributed by atoms with Crippen molar-refractivity contribution in [1.82, 2.24) is 25.8 Å². The van der Waals surface area contributed by atoms with Crippen molar-refractivity contribution in [1.29, 1.82) is 0 Å². The number of hydrogen-bond donors (Lipinski definition) is 3. The van der Waals surface area contributed by atoms with Crippen LogP contribution in [0.1, 0.15) is 30.8 Å². The number of aryl methyl sites for hydroxylation is 1. The van der Waals surface area contributed by atoms with Gasteiger partial charge in [0, 0.05) is 31.0 Å². The van der Waals surface area contributed by atoms with Crippen molar-refractivity contribution in [3.8, 4) is 17.1 Å². The predicted molar refractivity (Wildman–Crippen MR) is 132 cm³/mol. The second kappa shape index (κ2) is 11.8. The van der Waals surface area contributed by atoms with Gasteiger partial charge in [-0.3, -0.25) is 10.1 Å². The molecule has 3 N–H and O–H groups in total. The Balaban J connectivity index is 0.00000149. The van der Waals surface area contributed by atoms with Crippen molar-refractivity contribution in [2.45, 2.75) is 33.5 Å². The zero-order valence-corrected chi connectivity index (χ0v) is 19.8. The molecule has 0 bridgehead atoms. The van der Waals surface area contributed by atoms with Crippen molar-refractivity contribution in [2.24, 2.45) is 4.99 Å². The van der Waals surface area contributed by atoms with Crippen molar-refractivity contribution >= 4 is 11.5 Å². The van der Waals surface area contributed by atoms with E-state index in [0.29, 0.717) is 12.4 Å². The summed E-state index contributed by atoms with van der Waals surface area (Å²) in [5.41, 5.74) is 4.07. The van der Waals surface area contributed by atoms with Gasteiger partial charge in [-0.15, -0.1) is 0 Å². The number of ether oxygens (including phenoxy) is 2. The van der Waals surface area contributed by atoms with Crippen LogP contribution in [0.5, 0.6) is 5.75 Å². The van der Waals surface area contributed by atoms with Crippen LogP contribution < -0.4 is 15.4 Å². The largest absolute Gasteiger partial charge is 0.497 e. The molecule has 174 valence electrons. The Kier molecular flexibility index (Phi) is 8.60. The summed E-state index contributed by atoms with van der Waals surface area (Å²) in [7, 11) is 3.32. The van der Waals surface area contributed by atoms with E-state index in [4.69, 9.17) is 14.5 Å².